The van der Waals surface area contributed by atoms with Gasteiger partial charge in [-0.2, -0.15) is 0 Å². The molecule has 0 aromatic heterocycles. The Morgan fingerprint density at radius 1 is 1.08 bits per heavy atom. The van der Waals surface area contributed by atoms with Crippen molar-refractivity contribution in [2.24, 2.45) is 0 Å². The number of hydrogen-bond donors (Lipinski definition) is 0. The molecule has 0 saturated carbocycles. The van der Waals surface area contributed by atoms with Crippen molar-refractivity contribution in [1.82, 2.24) is 0 Å². The van der Waals surface area contributed by atoms with Crippen LogP contribution in [0.2, 0.25) is 5.02 Å². The summed E-state index contributed by atoms with van der Waals surface area (Å²) in [6, 6.07) is 14.6. The number of carbonyl (C=O) groups excluding carboxylic acids is 1. The van der Waals surface area contributed by atoms with Gasteiger partial charge >= 0.3 is 0 Å². The summed E-state index contributed by atoms with van der Waals surface area (Å²) in [5, 5.41) is 0.414. The molecule has 3 nitrogen and oxygen atoms in total. The van der Waals surface area contributed by atoms with E-state index in [4.69, 9.17) is 16.3 Å². The highest BCUT2D eigenvalue weighted by Gasteiger charge is 2.43. The number of hydrogen-bond acceptors (Lipinski definition) is 3. The van der Waals surface area contributed by atoms with E-state index in [-0.39, 0.29) is 5.78 Å². The minimum Gasteiger partial charge on any atom is -0.478 e. The van der Waals surface area contributed by atoms with Crippen LogP contribution in [0.5, 0.6) is 0 Å². The van der Waals surface area contributed by atoms with Crippen LogP contribution in [-0.4, -0.2) is 21.8 Å². The Hall–Kier alpha value is -1.91. The van der Waals surface area contributed by atoms with E-state index in [0.717, 1.165) is 5.56 Å². The van der Waals surface area contributed by atoms with Crippen LogP contribution in [0.4, 0.5) is 0 Å². The number of ether oxygens (including phenoxy) is 1. The van der Waals surface area contributed by atoms with Crippen LogP contribution in [0.15, 0.2) is 53.4 Å². The molecule has 124 valence electrons. The van der Waals surface area contributed by atoms with Gasteiger partial charge in [0.25, 0.3) is 0 Å². The molecule has 1 unspecified atom stereocenters. The van der Waals surface area contributed by atoms with Crippen LogP contribution in [0.3, 0.4) is 0 Å². The van der Waals surface area contributed by atoms with E-state index >= 15 is 0 Å². The molecule has 1 aliphatic rings. The van der Waals surface area contributed by atoms with Crippen LogP contribution < -0.4 is 0 Å². The normalized spacial score (nSPS) is 17.8. The number of rotatable bonds is 3. The lowest BCUT2D eigenvalue weighted by atomic mass is 9.93. The number of carbonyl (C=O) groups is 1. The Kier molecular flexibility index (Phi) is 4.37. The molecule has 2 aromatic rings. The second-order valence-corrected chi connectivity index (χ2v) is 7.89. The van der Waals surface area contributed by atoms with E-state index in [1.807, 2.05) is 30.3 Å². The maximum Gasteiger partial charge on any atom is 0.210 e. The van der Waals surface area contributed by atoms with Gasteiger partial charge in [-0.1, -0.05) is 41.9 Å². The van der Waals surface area contributed by atoms with Crippen molar-refractivity contribution in [3.05, 3.63) is 64.7 Å². The van der Waals surface area contributed by atoms with Gasteiger partial charge in [0.1, 0.15) is 5.76 Å². The van der Waals surface area contributed by atoms with E-state index in [1.165, 1.54) is 0 Å². The molecule has 5 heteroatoms. The van der Waals surface area contributed by atoms with Gasteiger partial charge in [0, 0.05) is 27.5 Å². The Bertz CT molecular complexity index is 869. The SMILES string of the molecule is CS(=O)c1ccc(C2=C(c3ccccc3)C(=O)C(C)(C)O2)c(Cl)c1. The zero-order valence-corrected chi connectivity index (χ0v) is 15.2. The van der Waals surface area contributed by atoms with Crippen LogP contribution in [-0.2, 0) is 20.3 Å². The summed E-state index contributed by atoms with van der Waals surface area (Å²) < 4.78 is 17.6. The molecule has 0 amide bonds. The quantitative estimate of drug-likeness (QED) is 0.818. The van der Waals surface area contributed by atoms with Gasteiger partial charge in [0.05, 0.1) is 10.6 Å². The first-order valence-corrected chi connectivity index (χ1v) is 9.42. The molecule has 0 N–H and O–H groups in total. The van der Waals surface area contributed by atoms with Crippen molar-refractivity contribution in [3.63, 3.8) is 0 Å². The molecule has 0 fully saturated rings. The van der Waals surface area contributed by atoms with Crippen LogP contribution >= 0.6 is 11.6 Å². The average Bonchev–Trinajstić information content (AvgIpc) is 2.78. The fourth-order valence-electron chi connectivity index (χ4n) is 2.67. The first-order chi connectivity index (χ1) is 11.3. The van der Waals surface area contributed by atoms with E-state index in [9.17, 15) is 9.00 Å². The third-order valence-electron chi connectivity index (χ3n) is 3.94. The molecule has 0 bridgehead atoms. The van der Waals surface area contributed by atoms with Gasteiger partial charge in [-0.05, 0) is 37.6 Å². The minimum absolute atomic E-state index is 0.0806. The van der Waals surface area contributed by atoms with Gasteiger partial charge in [0.15, 0.2) is 5.60 Å². The zero-order chi connectivity index (χ0) is 17.5. The maximum absolute atomic E-state index is 12.8. The fourth-order valence-corrected chi connectivity index (χ4v) is 3.55. The van der Waals surface area contributed by atoms with Gasteiger partial charge in [-0.15, -0.1) is 0 Å². The summed E-state index contributed by atoms with van der Waals surface area (Å²) >= 11 is 6.39. The van der Waals surface area contributed by atoms with Crippen molar-refractivity contribution < 1.29 is 13.7 Å². The molecule has 1 atom stereocenters. The number of ketones is 1. The Labute approximate surface area is 148 Å². The fraction of sp³-hybridized carbons (Fsp3) is 0.211. The van der Waals surface area contributed by atoms with Crippen molar-refractivity contribution in [1.29, 1.82) is 0 Å². The Balaban J connectivity index is 2.21. The molecular weight excluding hydrogens is 344 g/mol. The van der Waals surface area contributed by atoms with Gasteiger partial charge in [-0.3, -0.25) is 9.00 Å². The smallest absolute Gasteiger partial charge is 0.210 e. The molecule has 2 aromatic carbocycles. The van der Waals surface area contributed by atoms with Crippen molar-refractivity contribution in [2.75, 3.05) is 6.26 Å². The first kappa shape index (κ1) is 16.9. The highest BCUT2D eigenvalue weighted by atomic mass is 35.5. The lowest BCUT2D eigenvalue weighted by Crippen LogP contribution is -2.29. The second-order valence-electron chi connectivity index (χ2n) is 6.11. The van der Waals surface area contributed by atoms with Crippen molar-refractivity contribution >= 4 is 39.5 Å². The molecule has 0 saturated heterocycles. The molecule has 3 rings (SSSR count). The largest absolute Gasteiger partial charge is 0.478 e. The maximum atomic E-state index is 12.8. The topological polar surface area (TPSA) is 43.4 Å². The summed E-state index contributed by atoms with van der Waals surface area (Å²) in [4.78, 5) is 13.5. The molecule has 1 aliphatic heterocycles. The van der Waals surface area contributed by atoms with Crippen molar-refractivity contribution in [3.8, 4) is 0 Å². The first-order valence-electron chi connectivity index (χ1n) is 7.48. The molecule has 1 heterocycles. The third kappa shape index (κ3) is 2.92. The van der Waals surface area contributed by atoms with E-state index in [1.54, 1.807) is 38.3 Å². The van der Waals surface area contributed by atoms with Crippen LogP contribution in [0.1, 0.15) is 25.0 Å². The lowest BCUT2D eigenvalue weighted by molar-refractivity contribution is -0.125. The number of halogens is 1. The second kappa shape index (κ2) is 6.19. The van der Waals surface area contributed by atoms with Crippen molar-refractivity contribution in [2.45, 2.75) is 24.3 Å². The summed E-state index contributed by atoms with van der Waals surface area (Å²) in [7, 11) is -1.12. The third-order valence-corrected chi connectivity index (χ3v) is 5.17. The monoisotopic (exact) mass is 360 g/mol. The molecule has 0 aliphatic carbocycles. The Morgan fingerprint density at radius 2 is 1.75 bits per heavy atom. The van der Waals surface area contributed by atoms with Gasteiger partial charge < -0.3 is 4.74 Å². The van der Waals surface area contributed by atoms with E-state index in [2.05, 4.69) is 0 Å². The zero-order valence-electron chi connectivity index (χ0n) is 13.6. The van der Waals surface area contributed by atoms with E-state index < -0.39 is 16.4 Å². The number of benzene rings is 2. The predicted octanol–water partition coefficient (Wildman–Crippen LogP) is 4.32. The Morgan fingerprint density at radius 3 is 2.33 bits per heavy atom. The predicted molar refractivity (Wildman–Crippen MR) is 97.2 cm³/mol. The number of Topliss-reactive ketones (excluding diaryl/α,β-unsaturated/α-hetero) is 1. The molecule has 0 spiro atoms. The lowest BCUT2D eigenvalue weighted by Gasteiger charge is -2.18. The standard InChI is InChI=1S/C19H17ClO3S/c1-19(2)18(21)16(12-7-5-4-6-8-12)17(23-19)14-10-9-13(24(3)22)11-15(14)20/h4-11H,1-3H3. The van der Waals surface area contributed by atoms with Gasteiger partial charge in [-0.25, -0.2) is 0 Å². The summed E-state index contributed by atoms with van der Waals surface area (Å²) in [6.45, 7) is 3.49. The average molecular weight is 361 g/mol. The summed E-state index contributed by atoms with van der Waals surface area (Å²) in [6.07, 6.45) is 1.60. The van der Waals surface area contributed by atoms with Crippen LogP contribution in [0, 0.1) is 0 Å². The van der Waals surface area contributed by atoms with Gasteiger partial charge in [0.2, 0.25) is 5.78 Å². The molecule has 0 radical (unpaired) electrons. The van der Waals surface area contributed by atoms with E-state index in [0.29, 0.717) is 26.8 Å². The summed E-state index contributed by atoms with van der Waals surface area (Å²) in [5.74, 6) is 0.387. The van der Waals surface area contributed by atoms with Crippen LogP contribution in [0.25, 0.3) is 11.3 Å². The highest BCUT2D eigenvalue weighted by molar-refractivity contribution is 7.84. The molecular formula is C19H17ClO3S. The summed E-state index contributed by atoms with van der Waals surface area (Å²) in [5.41, 5.74) is 0.995. The molecule has 24 heavy (non-hydrogen) atoms. The minimum atomic E-state index is -1.12. The highest BCUT2D eigenvalue weighted by Crippen LogP contribution is 2.43.